The van der Waals surface area contributed by atoms with Gasteiger partial charge in [0.15, 0.2) is 0 Å². The Morgan fingerprint density at radius 3 is 3.17 bits per heavy atom. The molecule has 0 fully saturated rings. The van der Waals surface area contributed by atoms with Crippen LogP contribution in [0.5, 0.6) is 0 Å². The normalized spacial score (nSPS) is 22.2. The average molecular weight is 191 g/mol. The number of nitrogens with one attached hydrogen (secondary N) is 1. The van der Waals surface area contributed by atoms with Crippen molar-refractivity contribution in [2.24, 2.45) is 0 Å². The molecule has 2 heteroatoms. The van der Waals surface area contributed by atoms with E-state index in [9.17, 15) is 0 Å². The van der Waals surface area contributed by atoms with Crippen molar-refractivity contribution in [3.8, 4) is 0 Å². The molecule has 0 aliphatic heterocycles. The van der Waals surface area contributed by atoms with Crippen molar-refractivity contribution in [3.63, 3.8) is 0 Å². The second-order valence-corrected chi connectivity index (χ2v) is 2.79. The molecule has 1 aromatic carbocycles. The predicted molar refractivity (Wildman–Crippen MR) is 53.4 cm³/mol. The molecule has 0 bridgehead atoms. The first-order chi connectivity index (χ1) is 8.47. The monoisotopic (exact) mass is 190 g/mol. The summed E-state index contributed by atoms with van der Waals surface area (Å²) in [6.45, 7) is -6.02. The van der Waals surface area contributed by atoms with E-state index in [2.05, 4.69) is 5.32 Å². The van der Waals surface area contributed by atoms with Gasteiger partial charge in [0, 0.05) is 27.2 Å². The van der Waals surface area contributed by atoms with Crippen LogP contribution in [0, 0.1) is 0 Å². The van der Waals surface area contributed by atoms with Crippen LogP contribution in [0.2, 0.25) is 5.02 Å². The summed E-state index contributed by atoms with van der Waals surface area (Å²) in [6, 6.07) is 3.83. The molecule has 1 rings (SSSR count). The van der Waals surface area contributed by atoms with E-state index in [1.54, 1.807) is 24.3 Å². The maximum absolute atomic E-state index is 7.76. The lowest BCUT2D eigenvalue weighted by molar-refractivity contribution is 0.589. The van der Waals surface area contributed by atoms with Crippen molar-refractivity contribution in [3.05, 3.63) is 34.9 Å². The minimum absolute atomic E-state index is 0.0686. The molecule has 0 aliphatic rings. The summed E-state index contributed by atoms with van der Waals surface area (Å²) in [5.74, 6) is 0. The van der Waals surface area contributed by atoms with E-state index >= 15 is 0 Å². The molecule has 0 radical (unpaired) electrons. The van der Waals surface area contributed by atoms with E-state index in [1.807, 2.05) is 0 Å². The van der Waals surface area contributed by atoms with Gasteiger partial charge in [-0.15, -0.1) is 0 Å². The van der Waals surface area contributed by atoms with Gasteiger partial charge in [-0.25, -0.2) is 0 Å². The van der Waals surface area contributed by atoms with Gasteiger partial charge in [-0.2, -0.15) is 0 Å². The highest BCUT2D eigenvalue weighted by molar-refractivity contribution is 6.30. The topological polar surface area (TPSA) is 12.0 Å². The molecular formula is C10H14ClN. The zero-order valence-corrected chi connectivity index (χ0v) is 7.15. The zero-order valence-electron chi connectivity index (χ0n) is 13.4. The molecule has 0 aliphatic carbocycles. The Morgan fingerprint density at radius 1 is 1.67 bits per heavy atom. The van der Waals surface area contributed by atoms with E-state index in [4.69, 9.17) is 21.2 Å². The highest BCUT2D eigenvalue weighted by atomic mass is 35.5. The van der Waals surface area contributed by atoms with E-state index in [0.29, 0.717) is 10.6 Å². The van der Waals surface area contributed by atoms with E-state index < -0.39 is 19.7 Å². The zero-order chi connectivity index (χ0) is 14.9. The lowest BCUT2D eigenvalue weighted by Gasteiger charge is -2.07. The smallest absolute Gasteiger partial charge is 0.0459 e. The molecule has 0 heterocycles. The van der Waals surface area contributed by atoms with Crippen molar-refractivity contribution in [1.82, 2.24) is 5.32 Å². The molecule has 1 N–H and O–H groups in total. The van der Waals surface area contributed by atoms with Crippen LogP contribution in [0.15, 0.2) is 24.3 Å². The molecule has 0 aromatic heterocycles. The maximum atomic E-state index is 7.76. The third kappa shape index (κ3) is 3.24. The van der Waals surface area contributed by atoms with Crippen LogP contribution in [0.1, 0.15) is 28.9 Å². The standard InChI is InChI=1S/C10H14ClN/c1-8(2)12-7-9-4-3-5-10(11)6-9/h3-6,8,12H,7H2,1-2H3/i1D3,2D3,8D. The minimum Gasteiger partial charge on any atom is -0.310 e. The van der Waals surface area contributed by atoms with Gasteiger partial charge in [-0.05, 0) is 17.7 Å². The molecule has 1 aromatic rings. The fraction of sp³-hybridized carbons (Fsp3) is 0.400. The SMILES string of the molecule is [2H]C([2H])([2H])C([2H])(NCc1cccc(Cl)c1)C([2H])([2H])[2H]. The van der Waals surface area contributed by atoms with Gasteiger partial charge in [0.2, 0.25) is 0 Å². The number of rotatable bonds is 3. The fourth-order valence-corrected chi connectivity index (χ4v) is 1.05. The van der Waals surface area contributed by atoms with Gasteiger partial charge in [-0.1, -0.05) is 37.4 Å². The molecule has 0 unspecified atom stereocenters. The van der Waals surface area contributed by atoms with Gasteiger partial charge >= 0.3 is 0 Å². The van der Waals surface area contributed by atoms with Crippen LogP contribution in [0.3, 0.4) is 0 Å². The molecule has 12 heavy (non-hydrogen) atoms. The van der Waals surface area contributed by atoms with Crippen molar-refractivity contribution in [1.29, 1.82) is 0 Å². The molecule has 0 amide bonds. The van der Waals surface area contributed by atoms with E-state index in [1.165, 1.54) is 0 Å². The van der Waals surface area contributed by atoms with Crippen molar-refractivity contribution in [2.45, 2.75) is 26.3 Å². The summed E-state index contributed by atoms with van der Waals surface area (Å²) >= 11 is 5.78. The average Bonchev–Trinajstić information content (AvgIpc) is 2.22. The number of hydrogen-bond acceptors (Lipinski definition) is 1. The number of benzene rings is 1. The van der Waals surface area contributed by atoms with Gasteiger partial charge in [-0.3, -0.25) is 0 Å². The molecule has 1 nitrogen and oxygen atoms in total. The predicted octanol–water partition coefficient (Wildman–Crippen LogP) is 2.84. The summed E-state index contributed by atoms with van der Waals surface area (Å²) in [5.41, 5.74) is 0.609. The third-order valence-electron chi connectivity index (χ3n) is 1.36. The molecule has 0 spiro atoms. The Morgan fingerprint density at radius 2 is 2.50 bits per heavy atom. The van der Waals surface area contributed by atoms with Crippen molar-refractivity contribution >= 4 is 11.6 Å². The quantitative estimate of drug-likeness (QED) is 0.773. The third-order valence-corrected chi connectivity index (χ3v) is 1.59. The van der Waals surface area contributed by atoms with Gasteiger partial charge < -0.3 is 5.32 Å². The first-order valence-corrected chi connectivity index (χ1v) is 3.85. The van der Waals surface area contributed by atoms with Crippen LogP contribution in [-0.2, 0) is 6.54 Å². The van der Waals surface area contributed by atoms with Gasteiger partial charge in [0.25, 0.3) is 0 Å². The van der Waals surface area contributed by atoms with Crippen molar-refractivity contribution < 1.29 is 9.60 Å². The Balaban J connectivity index is 2.93. The van der Waals surface area contributed by atoms with Crippen LogP contribution in [0.4, 0.5) is 0 Å². The lowest BCUT2D eigenvalue weighted by Crippen LogP contribution is -2.21. The van der Waals surface area contributed by atoms with Crippen molar-refractivity contribution in [2.75, 3.05) is 0 Å². The fourth-order valence-electron chi connectivity index (χ4n) is 0.837. The Hall–Kier alpha value is -0.530. The van der Waals surface area contributed by atoms with Crippen LogP contribution in [0.25, 0.3) is 0 Å². The second kappa shape index (κ2) is 4.48. The molecular weight excluding hydrogens is 170 g/mol. The Labute approximate surface area is 88.6 Å². The molecule has 0 atom stereocenters. The molecule has 0 saturated carbocycles. The molecule has 66 valence electrons. The summed E-state index contributed by atoms with van der Waals surface area (Å²) in [4.78, 5) is 0. The second-order valence-electron chi connectivity index (χ2n) is 2.36. The Bertz CT molecular complexity index is 426. The molecule has 0 saturated heterocycles. The van der Waals surface area contributed by atoms with Crippen LogP contribution >= 0.6 is 11.6 Å². The summed E-state index contributed by atoms with van der Waals surface area (Å²) in [6.07, 6.45) is 0. The lowest BCUT2D eigenvalue weighted by atomic mass is 10.2. The minimum atomic E-state index is -2.98. The highest BCUT2D eigenvalue weighted by Gasteiger charge is 1.95. The largest absolute Gasteiger partial charge is 0.310 e. The number of halogens is 1. The van der Waals surface area contributed by atoms with E-state index in [-0.39, 0.29) is 6.54 Å². The first kappa shape index (κ1) is 3.69. The highest BCUT2D eigenvalue weighted by Crippen LogP contribution is 2.10. The number of hydrogen-bond donors (Lipinski definition) is 1. The van der Waals surface area contributed by atoms with Crippen LogP contribution in [-0.4, -0.2) is 6.02 Å². The summed E-state index contributed by atoms with van der Waals surface area (Å²) < 4.78 is 51.2. The van der Waals surface area contributed by atoms with Gasteiger partial charge in [0.05, 0.1) is 0 Å². The Kier molecular flexibility index (Phi) is 1.38. The summed E-state index contributed by atoms with van der Waals surface area (Å²) in [7, 11) is 0. The summed E-state index contributed by atoms with van der Waals surface area (Å²) in [5, 5.41) is 2.76. The van der Waals surface area contributed by atoms with Gasteiger partial charge in [0.1, 0.15) is 0 Å². The van der Waals surface area contributed by atoms with E-state index in [0.717, 1.165) is 0 Å². The maximum Gasteiger partial charge on any atom is 0.0459 e. The van der Waals surface area contributed by atoms with Crippen LogP contribution < -0.4 is 5.32 Å². The first-order valence-electron chi connectivity index (χ1n) is 6.97.